The number of piperidine rings is 4. The number of β-amino-alcohol motifs (C(OH)–C–C–N with tert-alkyl or cyclic N) is 1. The molecule has 21 nitrogen and oxygen atoms in total. The zero-order chi connectivity index (χ0) is 78.9. The monoisotopic (exact) mass is 1530 g/mol. The van der Waals surface area contributed by atoms with E-state index >= 15 is 0 Å². The van der Waals surface area contributed by atoms with E-state index in [0.29, 0.717) is 41.0 Å². The lowest BCUT2D eigenvalue weighted by Gasteiger charge is -2.40. The first kappa shape index (κ1) is 82.0. The molecule has 4 N–H and O–H groups in total. The normalized spacial score (nSPS) is 26.7. The van der Waals surface area contributed by atoms with Gasteiger partial charge in [0.15, 0.2) is 0 Å². The summed E-state index contributed by atoms with van der Waals surface area (Å²) in [6.45, 7) is 43.1. The van der Waals surface area contributed by atoms with Gasteiger partial charge in [0.05, 0.1) is 120 Å². The number of ether oxygens (including phenoxy) is 2. The minimum Gasteiger partial charge on any atom is -0.391 e. The predicted molar refractivity (Wildman–Crippen MR) is 449 cm³/mol. The summed E-state index contributed by atoms with van der Waals surface area (Å²) in [5.41, 5.74) is 13.9. The Labute approximate surface area is 668 Å². The molecule has 1 saturated carbocycles. The van der Waals surface area contributed by atoms with Crippen molar-refractivity contribution >= 4 is 51.8 Å². The van der Waals surface area contributed by atoms with Crippen molar-refractivity contribution < 1.29 is 29.0 Å². The molecule has 8 atom stereocenters. The Morgan fingerprint density at radius 1 is 0.348 bits per heavy atom. The first-order chi connectivity index (χ1) is 53.9. The van der Waals surface area contributed by atoms with Crippen molar-refractivity contribution in [1.29, 1.82) is 0 Å². The Balaban J connectivity index is 0.000000118. The lowest BCUT2D eigenvalue weighted by Crippen LogP contribution is -2.47. The molecule has 1 aliphatic carbocycles. The van der Waals surface area contributed by atoms with Crippen LogP contribution in [0.25, 0.3) is 0 Å². The molecule has 11 aliphatic heterocycles. The van der Waals surface area contributed by atoms with E-state index in [9.17, 15) is 19.5 Å². The van der Waals surface area contributed by atoms with Crippen molar-refractivity contribution in [2.75, 3.05) is 147 Å². The van der Waals surface area contributed by atoms with E-state index in [4.69, 9.17) is 9.47 Å². The van der Waals surface area contributed by atoms with Crippen LogP contribution in [0.4, 0.5) is 34.1 Å². The number of carbonyl (C=O) groups excluding carboxylic acids is 3. The topological polar surface area (TPSA) is 223 Å². The number of rotatable bonds is 12. The van der Waals surface area contributed by atoms with Gasteiger partial charge in [0, 0.05) is 155 Å². The average molecular weight is 1530 g/mol. The third kappa shape index (κ3) is 19.3. The number of aliphatic hydroxyl groups excluding tert-OH is 1. The van der Waals surface area contributed by atoms with Crippen LogP contribution in [0.5, 0.6) is 0 Å². The van der Waals surface area contributed by atoms with Crippen molar-refractivity contribution in [3.63, 3.8) is 0 Å². The van der Waals surface area contributed by atoms with Gasteiger partial charge in [-0.15, -0.1) is 0 Å². The highest BCUT2D eigenvalue weighted by Gasteiger charge is 2.52. The van der Waals surface area contributed by atoms with Gasteiger partial charge in [-0.1, -0.05) is 83.1 Å². The second-order valence-electron chi connectivity index (χ2n) is 36.5. The lowest BCUT2D eigenvalue weighted by molar-refractivity contribution is -0.128. The zero-order valence-electron chi connectivity index (χ0n) is 69.5. The highest BCUT2D eigenvalue weighted by atomic mass is 16.5. The minimum atomic E-state index is -0.180. The van der Waals surface area contributed by atoms with E-state index in [1.165, 1.54) is 41.3 Å². The van der Waals surface area contributed by atoms with Gasteiger partial charge >= 0.3 is 0 Å². The van der Waals surface area contributed by atoms with Crippen LogP contribution in [-0.2, 0) is 23.9 Å². The van der Waals surface area contributed by atoms with Crippen LogP contribution in [0.2, 0.25) is 0 Å². The van der Waals surface area contributed by atoms with E-state index < -0.39 is 0 Å². The van der Waals surface area contributed by atoms with Crippen LogP contribution in [0.3, 0.4) is 0 Å². The minimum absolute atomic E-state index is 0.158. The molecule has 12 fully saturated rings. The molecule has 3 unspecified atom stereocenters. The number of hydrogen-bond donors (Lipinski definition) is 4. The molecule has 3 amide bonds. The Hall–Kier alpha value is -8.01. The van der Waals surface area contributed by atoms with Gasteiger partial charge in [-0.25, -0.2) is 0 Å². The summed E-state index contributed by atoms with van der Waals surface area (Å²) in [4.78, 5) is 77.9. The largest absolute Gasteiger partial charge is 0.391 e. The number of nitrogens with zero attached hydrogens (tertiary/aromatic N) is 12. The van der Waals surface area contributed by atoms with Crippen LogP contribution >= 0.6 is 0 Å². The van der Waals surface area contributed by atoms with Gasteiger partial charge in [0.25, 0.3) is 0 Å². The maximum atomic E-state index is 12.1. The molecule has 18 rings (SSSR count). The van der Waals surface area contributed by atoms with Crippen LogP contribution in [0.15, 0.2) is 110 Å². The number of amides is 3. The number of aromatic nitrogens is 6. The third-order valence-electron chi connectivity index (χ3n) is 26.4. The summed E-state index contributed by atoms with van der Waals surface area (Å²) < 4.78 is 11.0. The maximum Gasteiger partial charge on any atom is 0.228 e. The molecule has 0 bridgehead atoms. The predicted octanol–water partition coefficient (Wildman–Crippen LogP) is 14.2. The van der Waals surface area contributed by atoms with Crippen molar-refractivity contribution in [2.45, 2.75) is 214 Å². The number of pyridine rings is 6. The third-order valence-corrected chi connectivity index (χ3v) is 26.4. The van der Waals surface area contributed by atoms with E-state index in [-0.39, 0.29) is 40.1 Å². The second kappa shape index (κ2) is 36.2. The summed E-state index contributed by atoms with van der Waals surface area (Å²) in [6, 6.07) is 25.8. The number of carbonyl (C=O) groups is 3. The molecule has 6 aromatic rings. The summed E-state index contributed by atoms with van der Waals surface area (Å²) in [7, 11) is 0. The fourth-order valence-electron chi connectivity index (χ4n) is 18.8. The van der Waals surface area contributed by atoms with E-state index in [1.807, 2.05) is 37.2 Å². The highest BCUT2D eigenvalue weighted by molar-refractivity contribution is 5.87. The smallest absolute Gasteiger partial charge is 0.228 e. The Morgan fingerprint density at radius 2 is 0.616 bits per heavy atom. The van der Waals surface area contributed by atoms with Gasteiger partial charge in [-0.2, -0.15) is 0 Å². The Kier molecular flexibility index (Phi) is 26.5. The number of fused-ring (bicyclic) bond motifs is 2. The molecular formula is C91H131N15O6. The SMILES string of the molecule is CC(C)c1ccc(N2CC3COCC3C2)cn1.CC(C)c1ccc(N2CCCC3(CCNC3=O)C2)cn1.CC(C)c1ccc(N2CCC[C@@]3(CCNC3=O)C2)cn1.CC(C)c1ccc(N2CCC[C@]3(CCNC3=O)C2)cn1.CC(C)c1ccc(N2C[C@H](O)CCC23CC3)cn1.CC(C)c1ccc(N2C[C@H]3COC[C@H]3C2)cn1. The average Bonchev–Trinajstić information content (AvgIpc) is 1.59. The molecule has 112 heavy (non-hydrogen) atoms. The molecule has 0 radical (unpaired) electrons. The second-order valence-corrected chi connectivity index (χ2v) is 36.5. The molecule has 12 aliphatic rings. The van der Waals surface area contributed by atoms with E-state index in [2.05, 4.69) is 231 Å². The van der Waals surface area contributed by atoms with E-state index in [1.54, 1.807) is 0 Å². The molecule has 17 heterocycles. The number of nitrogens with one attached hydrogen (secondary N) is 3. The fraction of sp³-hybridized carbons (Fsp3) is 0.637. The Morgan fingerprint density at radius 3 is 0.848 bits per heavy atom. The van der Waals surface area contributed by atoms with Crippen LogP contribution in [0.1, 0.15) is 236 Å². The zero-order valence-corrected chi connectivity index (χ0v) is 69.5. The van der Waals surface area contributed by atoms with Crippen molar-refractivity contribution in [3.8, 4) is 0 Å². The molecule has 6 aromatic heterocycles. The van der Waals surface area contributed by atoms with Gasteiger partial charge in [-0.05, 0) is 192 Å². The molecule has 4 spiro atoms. The maximum absolute atomic E-state index is 12.1. The van der Waals surface area contributed by atoms with Gasteiger partial charge < -0.3 is 59.9 Å². The molecule has 11 saturated heterocycles. The Bertz CT molecular complexity index is 3700. The standard InChI is InChI=1S/3C16H23N3O.C15H22N2O.2C14H20N2O/c3*1-12(2)14-5-4-13(10-18-14)19-9-3-6-16(11-19)7-8-17-15(16)20;1-11(2)14-4-3-12(9-16-14)17-10-13(18)5-6-15(17)7-8-15;2*1-10(2)14-4-3-13(5-15-14)16-6-11-8-17-9-12(11)7-16/h3*4-5,10,12H,3,6-9,11H2,1-2H3,(H,17,20);3-4,9,11,13,18H,5-8,10H2,1-2H3;2*3-5,10-12H,6-9H2,1-2H3/t2*16-;;13-;11-,12+;/m10.1../s1. The van der Waals surface area contributed by atoms with Crippen LogP contribution in [-0.4, -0.2) is 182 Å². The molecule has 21 heteroatoms. The van der Waals surface area contributed by atoms with Crippen molar-refractivity contribution in [3.05, 3.63) is 144 Å². The summed E-state index contributed by atoms with van der Waals surface area (Å²) in [5.74, 6) is 6.54. The van der Waals surface area contributed by atoms with Gasteiger partial charge in [0.1, 0.15) is 0 Å². The number of anilines is 6. The number of hydrogen-bond acceptors (Lipinski definition) is 18. The van der Waals surface area contributed by atoms with Crippen molar-refractivity contribution in [1.82, 2.24) is 45.9 Å². The molecule has 606 valence electrons. The van der Waals surface area contributed by atoms with Crippen LogP contribution < -0.4 is 45.3 Å². The van der Waals surface area contributed by atoms with E-state index in [0.717, 1.165) is 252 Å². The number of aliphatic hydroxyl groups is 1. The quantitative estimate of drug-likeness (QED) is 0.0894. The van der Waals surface area contributed by atoms with Crippen molar-refractivity contribution in [2.24, 2.45) is 39.9 Å². The molecule has 0 aromatic carbocycles. The fourth-order valence-corrected chi connectivity index (χ4v) is 18.8. The molecular weight excluding hydrogens is 1400 g/mol. The summed E-state index contributed by atoms with van der Waals surface area (Å²) in [6.07, 6.45) is 25.6. The highest BCUT2D eigenvalue weighted by Crippen LogP contribution is 2.50. The van der Waals surface area contributed by atoms with Gasteiger partial charge in [-0.3, -0.25) is 44.3 Å². The first-order valence-corrected chi connectivity index (χ1v) is 42.9. The van der Waals surface area contributed by atoms with Gasteiger partial charge in [0.2, 0.25) is 17.7 Å². The van der Waals surface area contributed by atoms with Crippen LogP contribution in [0, 0.1) is 39.9 Å². The summed E-state index contributed by atoms with van der Waals surface area (Å²) >= 11 is 0. The lowest BCUT2D eigenvalue weighted by atomic mass is 9.78. The first-order valence-electron chi connectivity index (χ1n) is 42.9. The summed E-state index contributed by atoms with van der Waals surface area (Å²) in [5, 5.41) is 18.9.